The number of carboxylic acids is 1. The van der Waals surface area contributed by atoms with E-state index in [1.807, 2.05) is 12.1 Å². The normalized spacial score (nSPS) is 11.2. The number of H-pyrrole nitrogens is 1. The zero-order chi connectivity index (χ0) is 44.9. The Morgan fingerprint density at radius 3 is 2.16 bits per heavy atom. The number of carboxylic acid groups (broad SMARTS) is 1. The van der Waals surface area contributed by atoms with Crippen LogP contribution < -0.4 is 25.5 Å². The van der Waals surface area contributed by atoms with Crippen molar-refractivity contribution in [1.82, 2.24) is 14.4 Å². The second kappa shape index (κ2) is 21.1. The molecule has 5 aromatic rings. The number of hydrogen-bond acceptors (Lipinski definition) is 10. The molecule has 18 nitrogen and oxygen atoms in total. The van der Waals surface area contributed by atoms with Crippen molar-refractivity contribution in [2.24, 2.45) is 10.2 Å². The van der Waals surface area contributed by atoms with Crippen LogP contribution >= 0.6 is 0 Å². The zero-order valence-electron chi connectivity index (χ0n) is 35.4. The number of aryl methyl sites for hydroxylation is 1. The summed E-state index contributed by atoms with van der Waals surface area (Å²) < 4.78 is 41.7. The molecule has 6 N–H and O–H groups in total. The van der Waals surface area contributed by atoms with Gasteiger partial charge in [-0.15, -0.1) is 5.11 Å². The Morgan fingerprint density at radius 2 is 1.55 bits per heavy atom. The number of nitrogens with zero attached hydrogens (tertiary/aromatic N) is 5. The number of rotatable bonds is 12. The summed E-state index contributed by atoms with van der Waals surface area (Å²) in [7, 11) is -5.03. The number of quaternary nitrogens is 1. The Labute approximate surface area is 377 Å². The molecule has 64 heavy (non-hydrogen) atoms. The van der Waals surface area contributed by atoms with Crippen molar-refractivity contribution in [3.05, 3.63) is 140 Å². The van der Waals surface area contributed by atoms with E-state index in [4.69, 9.17) is 8.97 Å². The Balaban J connectivity index is 0.000000274. The van der Waals surface area contributed by atoms with Crippen molar-refractivity contribution in [1.29, 1.82) is 0 Å². The predicted octanol–water partition coefficient (Wildman–Crippen LogP) is 5.56. The third-order valence-electron chi connectivity index (χ3n) is 10.3. The maximum Gasteiger partial charge on any atom is 0.336 e. The second-order valence-electron chi connectivity index (χ2n) is 14.0. The molecule has 1 aliphatic heterocycles. The van der Waals surface area contributed by atoms with Crippen LogP contribution in [0.3, 0.4) is 0 Å². The number of nitrogens with one attached hydrogen (secondary N) is 2. The van der Waals surface area contributed by atoms with Gasteiger partial charge < -0.3 is 25.0 Å². The molecular weight excluding hydrogens is 887 g/mol. The third-order valence-corrected chi connectivity index (χ3v) is 11.2. The molecule has 1 aliphatic carbocycles. The first-order valence-corrected chi connectivity index (χ1v) is 21.1. The standard InChI is InChI=1S/C28H30N2O3.C16H13N5O7S.Cr.H2O/c1-5-29(6-2)19-13-15-23-25(17-19)33-26-18-20(30(7-3)8-4)14-16-24(26)27(23)21-11-9-10-12-22(21)28(31)32;1-9-14(16(23)20(19-9)10-5-3-2-4-6-10)18-17-12-7-11(21(24)25)8-13(15(12)22)29(26,27)28;;/h9-18H,5-8H2,1-4H3;2-8,19,22H,1H3,(H,26,27,28);;1H2/p+1. The van der Waals surface area contributed by atoms with Crippen molar-refractivity contribution >= 4 is 49.8 Å². The first-order chi connectivity index (χ1) is 29.6. The molecule has 7 rings (SSSR count). The molecule has 0 spiro atoms. The van der Waals surface area contributed by atoms with Crippen molar-refractivity contribution in [3.63, 3.8) is 0 Å². The van der Waals surface area contributed by atoms with Gasteiger partial charge in [0.2, 0.25) is 5.36 Å². The largest absolute Gasteiger partial charge is 0.870 e. The van der Waals surface area contributed by atoms with Crippen LogP contribution in [0.25, 0.3) is 39.1 Å². The van der Waals surface area contributed by atoms with Gasteiger partial charge in [-0.05, 0) is 76.6 Å². The van der Waals surface area contributed by atoms with E-state index >= 15 is 0 Å². The maximum atomic E-state index is 12.6. The van der Waals surface area contributed by atoms with Gasteiger partial charge in [0.25, 0.3) is 21.4 Å². The Bertz CT molecular complexity index is 3060. The van der Waals surface area contributed by atoms with E-state index in [2.05, 4.69) is 84.0 Å². The minimum absolute atomic E-state index is 0. The summed E-state index contributed by atoms with van der Waals surface area (Å²) >= 11 is 0. The van der Waals surface area contributed by atoms with Crippen LogP contribution in [0, 0.1) is 17.0 Å². The fourth-order valence-corrected chi connectivity index (χ4v) is 7.79. The van der Waals surface area contributed by atoms with E-state index in [-0.39, 0.29) is 39.8 Å². The number of nitro groups is 1. The van der Waals surface area contributed by atoms with Crippen LogP contribution in [0.4, 0.5) is 22.7 Å². The molecule has 4 aromatic carbocycles. The fourth-order valence-electron chi connectivity index (χ4n) is 7.18. The summed E-state index contributed by atoms with van der Waals surface area (Å²) in [6.07, 6.45) is 0. The topological polar surface area (TPSA) is 272 Å². The number of azo groups is 1. The van der Waals surface area contributed by atoms with Gasteiger partial charge in [0.1, 0.15) is 30.1 Å². The molecule has 2 heterocycles. The number of aromatic amines is 1. The molecule has 0 unspecified atom stereocenters. The van der Waals surface area contributed by atoms with Gasteiger partial charge in [0.15, 0.2) is 5.69 Å². The summed E-state index contributed by atoms with van der Waals surface area (Å²) in [6, 6.07) is 29.4. The van der Waals surface area contributed by atoms with Crippen molar-refractivity contribution in [2.45, 2.75) is 39.5 Å². The van der Waals surface area contributed by atoms with Gasteiger partial charge in [-0.25, -0.2) is 14.1 Å². The van der Waals surface area contributed by atoms with Crippen LogP contribution in [0.2, 0.25) is 0 Å². The van der Waals surface area contributed by atoms with Crippen molar-refractivity contribution in [2.75, 3.05) is 26.2 Å². The minimum Gasteiger partial charge on any atom is -0.870 e. The number of benzene rings is 5. The van der Waals surface area contributed by atoms with E-state index in [1.54, 1.807) is 42.5 Å². The van der Waals surface area contributed by atoms with Gasteiger partial charge >= 0.3 is 5.97 Å². The first-order valence-electron chi connectivity index (χ1n) is 19.6. The monoisotopic (exact) mass is 932 g/mol. The molecule has 334 valence electrons. The zero-order valence-corrected chi connectivity index (χ0v) is 37.4. The van der Waals surface area contributed by atoms with Gasteiger partial charge in [-0.1, -0.05) is 42.1 Å². The number of carbonyl (C=O) groups is 1. The van der Waals surface area contributed by atoms with E-state index in [1.165, 1.54) is 22.2 Å². The fraction of sp³-hybridized carbons (Fsp3) is 0.205. The number of fused-ring (bicyclic) bond motifs is 2. The summed E-state index contributed by atoms with van der Waals surface area (Å²) in [5.74, 6) is -1.47. The smallest absolute Gasteiger partial charge is 0.336 e. The molecule has 0 atom stereocenters. The minimum atomic E-state index is -5.03. The van der Waals surface area contributed by atoms with Gasteiger partial charge in [0, 0.05) is 58.1 Å². The van der Waals surface area contributed by atoms with Gasteiger partial charge in [-0.3, -0.25) is 24.6 Å². The molecule has 0 saturated heterocycles. The van der Waals surface area contributed by atoms with E-state index < -0.39 is 48.6 Å². The number of non-ortho nitro benzene ring substituents is 1. The molecule has 2 aliphatic rings. The molecule has 0 radical (unpaired) electrons. The van der Waals surface area contributed by atoms with Gasteiger partial charge in [-0.2, -0.15) is 13.5 Å². The summed E-state index contributed by atoms with van der Waals surface area (Å²) in [5, 5.41) is 45.1. The van der Waals surface area contributed by atoms with Crippen LogP contribution in [-0.4, -0.2) is 70.4 Å². The predicted molar refractivity (Wildman–Crippen MR) is 235 cm³/mol. The average Bonchev–Trinajstić information content (AvgIpc) is 3.54. The Morgan fingerprint density at radius 1 is 0.891 bits per heavy atom. The van der Waals surface area contributed by atoms with Crippen LogP contribution in [0.15, 0.2) is 127 Å². The van der Waals surface area contributed by atoms with Crippen LogP contribution in [0.5, 0.6) is 5.75 Å². The first kappa shape index (κ1) is 49.9. The number of aromatic carboxylic acids is 1. The number of nitro benzene ring substituents is 1. The number of hydrogen-bond donors (Lipinski definition) is 4. The van der Waals surface area contributed by atoms with E-state index in [0.717, 1.165) is 59.4 Å². The molecule has 0 fully saturated rings. The summed E-state index contributed by atoms with van der Waals surface area (Å²) in [6.45, 7) is 13.9. The summed E-state index contributed by atoms with van der Waals surface area (Å²) in [5.41, 5.74) is 3.24. The molecule has 20 heteroatoms. The molecule has 0 bridgehead atoms. The maximum absolute atomic E-state index is 12.6. The molecule has 0 amide bonds. The second-order valence-corrected chi connectivity index (χ2v) is 15.4. The Kier molecular flexibility index (Phi) is 16.4. The molecular formula is C44H46CrN7O11S+. The Hall–Kier alpha value is -6.79. The average molecular weight is 933 g/mol. The number of para-hydroxylation sites is 1. The van der Waals surface area contributed by atoms with Crippen LogP contribution in [0.1, 0.15) is 43.7 Å². The van der Waals surface area contributed by atoms with Crippen molar-refractivity contribution in [3.8, 4) is 33.9 Å². The van der Waals surface area contributed by atoms with Crippen molar-refractivity contribution < 1.29 is 65.1 Å². The quantitative estimate of drug-likeness (QED) is 0.0296. The van der Waals surface area contributed by atoms with Crippen LogP contribution in [-0.2, 0) is 27.5 Å². The third kappa shape index (κ3) is 10.4. The number of aromatic nitrogens is 2. The van der Waals surface area contributed by atoms with Gasteiger partial charge in [0.05, 0.1) is 51.6 Å². The summed E-state index contributed by atoms with van der Waals surface area (Å²) in [4.78, 5) is 34.8. The SMILES string of the molecule is CC[N+](CC)=c1ccc2c(-c3ccccc3C(=O)O)c3ccc([NH+](CC)CC)cc3oc-2c1.Cc1[nH]n(-c2ccccc2)c(=O)c1N=Nc1cc([N+](=O)[O-])cc(S(=O)(=O)O)c1[O-].O.[Cr]. The van der Waals surface area contributed by atoms with E-state index in [0.29, 0.717) is 23.4 Å². The molecule has 1 aromatic heterocycles. The van der Waals surface area contributed by atoms with E-state index in [9.17, 15) is 38.3 Å². The molecule has 0 saturated carbocycles.